The van der Waals surface area contributed by atoms with Crippen LogP contribution in [0.15, 0.2) is 85.1 Å². The lowest BCUT2D eigenvalue weighted by atomic mass is 10.0. The second-order valence-corrected chi connectivity index (χ2v) is 7.66. The molecule has 6 heteroatoms. The Labute approximate surface area is 185 Å². The van der Waals surface area contributed by atoms with E-state index in [0.717, 1.165) is 27.9 Å². The maximum absolute atomic E-state index is 13.5. The predicted molar refractivity (Wildman–Crippen MR) is 126 cm³/mol. The number of pyridine rings is 2. The van der Waals surface area contributed by atoms with Gasteiger partial charge < -0.3 is 5.32 Å². The first-order chi connectivity index (χ1) is 15.6. The molecule has 0 fully saturated rings. The molecule has 2 aromatic carbocycles. The Morgan fingerprint density at radius 2 is 1.69 bits per heavy atom. The van der Waals surface area contributed by atoms with Crippen LogP contribution >= 0.6 is 0 Å². The van der Waals surface area contributed by atoms with E-state index < -0.39 is 0 Å². The Kier molecular flexibility index (Phi) is 4.95. The van der Waals surface area contributed by atoms with Crippen molar-refractivity contribution in [2.45, 2.75) is 13.8 Å². The number of aromatic nitrogens is 4. The normalized spacial score (nSPS) is 10.9. The zero-order chi connectivity index (χ0) is 22.1. The number of nitrogens with one attached hydrogen (secondary N) is 1. The van der Waals surface area contributed by atoms with Crippen LogP contribution in [0.4, 0.5) is 5.82 Å². The molecule has 32 heavy (non-hydrogen) atoms. The largest absolute Gasteiger partial charge is 0.306 e. The lowest BCUT2D eigenvalue weighted by molar-refractivity contribution is 0.102. The Hall–Kier alpha value is -4.32. The lowest BCUT2D eigenvalue weighted by Crippen LogP contribution is -2.16. The van der Waals surface area contributed by atoms with Gasteiger partial charge >= 0.3 is 0 Å². The summed E-state index contributed by atoms with van der Waals surface area (Å²) >= 11 is 0. The van der Waals surface area contributed by atoms with Crippen LogP contribution in [-0.2, 0) is 0 Å². The number of nitrogens with zero attached hydrogens (tertiary/aromatic N) is 4. The molecule has 0 bridgehead atoms. The van der Waals surface area contributed by atoms with Gasteiger partial charge in [0.25, 0.3) is 5.91 Å². The summed E-state index contributed by atoms with van der Waals surface area (Å²) in [6.45, 7) is 3.93. The van der Waals surface area contributed by atoms with Crippen molar-refractivity contribution in [3.63, 3.8) is 0 Å². The van der Waals surface area contributed by atoms with Crippen LogP contribution in [0.25, 0.3) is 28.0 Å². The maximum Gasteiger partial charge on any atom is 0.257 e. The summed E-state index contributed by atoms with van der Waals surface area (Å²) in [6.07, 6.45) is 1.70. The SMILES string of the molecule is Cc1ccc(-c2cc(C(=O)Nc3cc(C)nn3-c3ccccn3)c3ccccc3n2)cc1. The number of hydrogen-bond donors (Lipinski definition) is 1. The molecule has 5 aromatic rings. The van der Waals surface area contributed by atoms with Gasteiger partial charge in [0.1, 0.15) is 5.82 Å². The zero-order valence-electron chi connectivity index (χ0n) is 17.8. The molecule has 6 nitrogen and oxygen atoms in total. The van der Waals surface area contributed by atoms with Crippen LogP contribution in [-0.4, -0.2) is 25.7 Å². The monoisotopic (exact) mass is 419 g/mol. The Morgan fingerprint density at radius 3 is 2.47 bits per heavy atom. The van der Waals surface area contributed by atoms with Gasteiger partial charge in [0.2, 0.25) is 0 Å². The highest BCUT2D eigenvalue weighted by molar-refractivity contribution is 6.13. The van der Waals surface area contributed by atoms with Crippen LogP contribution in [0.5, 0.6) is 0 Å². The standard InChI is InChI=1S/C26H21N5O/c1-17-10-12-19(13-11-17)23-16-21(20-7-3-4-8-22(20)28-23)26(32)29-25-15-18(2)30-31(25)24-9-5-6-14-27-24/h3-16H,1-2H3,(H,29,32). The van der Waals surface area contributed by atoms with E-state index in [1.807, 2.05) is 92.7 Å². The van der Waals surface area contributed by atoms with Crippen LogP contribution in [0.1, 0.15) is 21.6 Å². The fourth-order valence-electron chi connectivity index (χ4n) is 3.66. The van der Waals surface area contributed by atoms with E-state index in [1.54, 1.807) is 10.9 Å². The Morgan fingerprint density at radius 1 is 0.906 bits per heavy atom. The average Bonchev–Trinajstić information content (AvgIpc) is 3.19. The molecular formula is C26H21N5O. The third kappa shape index (κ3) is 3.74. The first-order valence-corrected chi connectivity index (χ1v) is 10.3. The molecule has 0 aliphatic carbocycles. The molecule has 5 rings (SSSR count). The number of fused-ring (bicyclic) bond motifs is 1. The second-order valence-electron chi connectivity index (χ2n) is 7.66. The van der Waals surface area contributed by atoms with Gasteiger partial charge in [-0.15, -0.1) is 0 Å². The first kappa shape index (κ1) is 19.6. The molecule has 3 heterocycles. The molecule has 0 unspecified atom stereocenters. The van der Waals surface area contributed by atoms with E-state index in [4.69, 9.17) is 4.98 Å². The van der Waals surface area contributed by atoms with Crippen molar-refractivity contribution in [1.82, 2.24) is 19.7 Å². The molecule has 0 aliphatic heterocycles. The number of hydrogen-bond acceptors (Lipinski definition) is 4. The van der Waals surface area contributed by atoms with E-state index in [1.165, 1.54) is 5.56 Å². The summed E-state index contributed by atoms with van der Waals surface area (Å²) in [5, 5.41) is 8.30. The van der Waals surface area contributed by atoms with Gasteiger partial charge in [0.15, 0.2) is 5.82 Å². The van der Waals surface area contributed by atoms with Crippen molar-refractivity contribution in [2.24, 2.45) is 0 Å². The predicted octanol–water partition coefficient (Wildman–Crippen LogP) is 5.35. The minimum Gasteiger partial charge on any atom is -0.306 e. The van der Waals surface area contributed by atoms with Crippen molar-refractivity contribution >= 4 is 22.6 Å². The Bertz CT molecular complexity index is 1420. The number of aryl methyl sites for hydroxylation is 2. The average molecular weight is 419 g/mol. The lowest BCUT2D eigenvalue weighted by Gasteiger charge is -2.12. The molecule has 0 aliphatic rings. The number of para-hydroxylation sites is 1. The summed E-state index contributed by atoms with van der Waals surface area (Å²) in [4.78, 5) is 22.6. The summed E-state index contributed by atoms with van der Waals surface area (Å²) in [7, 11) is 0. The van der Waals surface area contributed by atoms with Gasteiger partial charge in [-0.25, -0.2) is 9.97 Å². The van der Waals surface area contributed by atoms with Crippen molar-refractivity contribution in [1.29, 1.82) is 0 Å². The van der Waals surface area contributed by atoms with Crippen molar-refractivity contribution in [3.8, 4) is 17.1 Å². The highest BCUT2D eigenvalue weighted by Gasteiger charge is 2.17. The minimum atomic E-state index is -0.228. The number of carbonyl (C=O) groups is 1. The first-order valence-electron chi connectivity index (χ1n) is 10.3. The van der Waals surface area contributed by atoms with Gasteiger partial charge in [-0.05, 0) is 38.1 Å². The highest BCUT2D eigenvalue weighted by Crippen LogP contribution is 2.26. The number of benzene rings is 2. The van der Waals surface area contributed by atoms with E-state index >= 15 is 0 Å². The van der Waals surface area contributed by atoms with Gasteiger partial charge in [0.05, 0.1) is 22.5 Å². The number of amides is 1. The fourth-order valence-corrected chi connectivity index (χ4v) is 3.66. The molecular weight excluding hydrogens is 398 g/mol. The van der Waals surface area contributed by atoms with Crippen LogP contribution in [0.2, 0.25) is 0 Å². The van der Waals surface area contributed by atoms with Gasteiger partial charge in [-0.2, -0.15) is 9.78 Å². The maximum atomic E-state index is 13.5. The molecule has 156 valence electrons. The second kappa shape index (κ2) is 8.07. The van der Waals surface area contributed by atoms with Crippen molar-refractivity contribution in [2.75, 3.05) is 5.32 Å². The summed E-state index contributed by atoms with van der Waals surface area (Å²) in [5.41, 5.74) is 4.99. The Balaban J connectivity index is 1.58. The van der Waals surface area contributed by atoms with Crippen LogP contribution in [0, 0.1) is 13.8 Å². The van der Waals surface area contributed by atoms with Crippen molar-refractivity contribution in [3.05, 3.63) is 102 Å². The van der Waals surface area contributed by atoms with Gasteiger partial charge in [-0.3, -0.25) is 4.79 Å². The fraction of sp³-hybridized carbons (Fsp3) is 0.0769. The van der Waals surface area contributed by atoms with E-state index in [2.05, 4.69) is 15.4 Å². The number of anilines is 1. The molecule has 0 saturated heterocycles. The molecule has 0 saturated carbocycles. The summed E-state index contributed by atoms with van der Waals surface area (Å²) in [6, 6.07) is 25.0. The minimum absolute atomic E-state index is 0.228. The molecule has 0 spiro atoms. The van der Waals surface area contributed by atoms with Gasteiger partial charge in [-0.1, -0.05) is 54.1 Å². The molecule has 0 radical (unpaired) electrons. The number of rotatable bonds is 4. The van der Waals surface area contributed by atoms with E-state index in [9.17, 15) is 4.79 Å². The topological polar surface area (TPSA) is 72.7 Å². The quantitative estimate of drug-likeness (QED) is 0.426. The molecule has 3 aromatic heterocycles. The van der Waals surface area contributed by atoms with Crippen LogP contribution < -0.4 is 5.32 Å². The molecule has 0 atom stereocenters. The summed E-state index contributed by atoms with van der Waals surface area (Å²) < 4.78 is 1.64. The third-order valence-electron chi connectivity index (χ3n) is 5.25. The highest BCUT2D eigenvalue weighted by atomic mass is 16.1. The van der Waals surface area contributed by atoms with Gasteiger partial charge in [0, 0.05) is 23.2 Å². The van der Waals surface area contributed by atoms with Crippen molar-refractivity contribution < 1.29 is 4.79 Å². The molecule has 1 amide bonds. The molecule has 1 N–H and O–H groups in total. The van der Waals surface area contributed by atoms with Crippen LogP contribution in [0.3, 0.4) is 0 Å². The van der Waals surface area contributed by atoms with E-state index in [0.29, 0.717) is 17.2 Å². The third-order valence-corrected chi connectivity index (χ3v) is 5.25. The van der Waals surface area contributed by atoms with E-state index in [-0.39, 0.29) is 5.91 Å². The number of carbonyl (C=O) groups excluding carboxylic acids is 1. The summed E-state index contributed by atoms with van der Waals surface area (Å²) in [5.74, 6) is 0.967. The smallest absolute Gasteiger partial charge is 0.257 e. The zero-order valence-corrected chi connectivity index (χ0v) is 17.8.